The number of aliphatic hydroxyl groups is 5. The molecule has 7 nitrogen and oxygen atoms in total. The van der Waals surface area contributed by atoms with Crippen LogP contribution in [0.4, 0.5) is 0 Å². The molecule has 310 valence electrons. The molecule has 0 aromatic heterocycles. The summed E-state index contributed by atoms with van der Waals surface area (Å²) in [5.74, 6) is 6.04. The van der Waals surface area contributed by atoms with Crippen LogP contribution in [0.25, 0.3) is 12.2 Å². The van der Waals surface area contributed by atoms with E-state index in [4.69, 9.17) is 0 Å². The lowest BCUT2D eigenvalue weighted by Crippen LogP contribution is -2.80. The number of aliphatic hydroxyl groups excluding tert-OH is 4. The van der Waals surface area contributed by atoms with Gasteiger partial charge in [0.2, 0.25) is 0 Å². The van der Waals surface area contributed by atoms with Crippen molar-refractivity contribution in [2.45, 2.75) is 147 Å². The quantitative estimate of drug-likeness (QED) is 0.205. The van der Waals surface area contributed by atoms with E-state index in [2.05, 4.69) is 50.0 Å². The van der Waals surface area contributed by atoms with E-state index in [9.17, 15) is 30.3 Å². The molecule has 16 atom stereocenters. The third-order valence-corrected chi connectivity index (χ3v) is 21.2. The highest BCUT2D eigenvalue weighted by Gasteiger charge is 2.84. The van der Waals surface area contributed by atoms with Crippen LogP contribution in [0.5, 0.6) is 0 Å². The molecule has 5 bridgehead atoms. The topological polar surface area (TPSA) is 135 Å². The molecule has 5 N–H and O–H groups in total. The first-order valence-corrected chi connectivity index (χ1v) is 23.1. The van der Waals surface area contributed by atoms with E-state index >= 15 is 4.79 Å². The maximum Gasteiger partial charge on any atom is 0.159 e. The number of carbonyl (C=O) groups excluding carboxylic acids is 2. The molecule has 3 spiro atoms. The van der Waals surface area contributed by atoms with Crippen LogP contribution in [0.3, 0.4) is 0 Å². The zero-order chi connectivity index (χ0) is 40.5. The summed E-state index contributed by atoms with van der Waals surface area (Å²) in [4.78, 5) is 28.6. The fourth-order valence-electron chi connectivity index (χ4n) is 19.3. The third kappa shape index (κ3) is 4.09. The molecule has 0 radical (unpaired) electrons. The second-order valence-electron chi connectivity index (χ2n) is 22.5. The lowest BCUT2D eigenvalue weighted by atomic mass is 9.25. The fourth-order valence-corrected chi connectivity index (χ4v) is 19.3. The molecule has 1 aromatic carbocycles. The van der Waals surface area contributed by atoms with Crippen LogP contribution in [-0.2, 0) is 4.79 Å². The van der Waals surface area contributed by atoms with Crippen molar-refractivity contribution in [3.8, 4) is 11.8 Å². The van der Waals surface area contributed by atoms with Gasteiger partial charge in [0.15, 0.2) is 12.1 Å². The summed E-state index contributed by atoms with van der Waals surface area (Å²) in [6, 6.07) is 5.90. The lowest BCUT2D eigenvalue weighted by molar-refractivity contribution is -0.321. The molecule has 7 heteroatoms. The first-order valence-electron chi connectivity index (χ1n) is 23.1. The van der Waals surface area contributed by atoms with Crippen molar-refractivity contribution < 1.29 is 35.1 Å². The molecule has 1 aromatic rings. The van der Waals surface area contributed by atoms with Gasteiger partial charge < -0.3 is 25.5 Å². The number of carbonyl (C=O) groups is 2. The smallest absolute Gasteiger partial charge is 0.159 e. The number of hydrogen-bond acceptors (Lipinski definition) is 7. The Bertz CT molecular complexity index is 2200. The molecule has 58 heavy (non-hydrogen) atoms. The van der Waals surface area contributed by atoms with Crippen LogP contribution >= 0.6 is 0 Å². The Balaban J connectivity index is 1.19. The summed E-state index contributed by atoms with van der Waals surface area (Å²) in [5.41, 5.74) is -3.41. The number of fused-ring (bicyclic) bond motifs is 7. The van der Waals surface area contributed by atoms with Gasteiger partial charge in [-0.1, -0.05) is 75.5 Å². The average Bonchev–Trinajstić information content (AvgIpc) is 3.67. The molecule has 12 rings (SSSR count). The molecule has 0 saturated heterocycles. The van der Waals surface area contributed by atoms with Crippen molar-refractivity contribution in [1.82, 2.24) is 0 Å². The third-order valence-electron chi connectivity index (χ3n) is 21.2. The van der Waals surface area contributed by atoms with Gasteiger partial charge >= 0.3 is 0 Å². The van der Waals surface area contributed by atoms with E-state index in [0.29, 0.717) is 37.7 Å². The molecule has 0 aliphatic heterocycles. The Hall–Kier alpha value is -2.60. The highest BCUT2D eigenvalue weighted by Crippen LogP contribution is 2.85. The van der Waals surface area contributed by atoms with Gasteiger partial charge in [-0.3, -0.25) is 9.59 Å². The molecule has 11 aliphatic carbocycles. The SMILES string of the molecule is C[C@@]12CCC#C[C@]3(O)CC[C@H]4[C@H](O)[C@]3([C@H](C1)C1=CC(=O)C3[C@]56CC[C@H](O)[C@@](C)([C@H](O)CO)[C@H]5CC[C@@]3(CC[C@H]3C=c5c(C=O)cccc5=C[C@H]36)[C@@]14C)C1(CCCC1)C2. The molecule has 1 unspecified atom stereocenters. The molecular formula is C51H64O7. The number of benzene rings is 1. The largest absolute Gasteiger partial charge is 0.394 e. The van der Waals surface area contributed by atoms with Gasteiger partial charge in [-0.25, -0.2) is 0 Å². The van der Waals surface area contributed by atoms with Crippen molar-refractivity contribution in [1.29, 1.82) is 0 Å². The Morgan fingerprint density at radius 3 is 2.48 bits per heavy atom. The minimum Gasteiger partial charge on any atom is -0.394 e. The van der Waals surface area contributed by atoms with Crippen LogP contribution in [0, 0.1) is 85.3 Å². The van der Waals surface area contributed by atoms with E-state index in [0.717, 1.165) is 87.4 Å². The highest BCUT2D eigenvalue weighted by atomic mass is 16.3. The average molecular weight is 789 g/mol. The predicted molar refractivity (Wildman–Crippen MR) is 220 cm³/mol. The van der Waals surface area contributed by atoms with Gasteiger partial charge in [0, 0.05) is 34.1 Å². The van der Waals surface area contributed by atoms with Crippen molar-refractivity contribution >= 4 is 24.2 Å². The predicted octanol–water partition coefficient (Wildman–Crippen LogP) is 5.40. The Kier molecular flexibility index (Phi) is 7.97. The molecule has 7 fully saturated rings. The highest BCUT2D eigenvalue weighted by molar-refractivity contribution is 5.96. The minimum atomic E-state index is -1.34. The monoisotopic (exact) mass is 788 g/mol. The van der Waals surface area contributed by atoms with Crippen molar-refractivity contribution in [3.05, 3.63) is 45.8 Å². The lowest BCUT2D eigenvalue weighted by Gasteiger charge is -2.79. The van der Waals surface area contributed by atoms with Crippen LogP contribution in [-0.4, -0.2) is 68.1 Å². The summed E-state index contributed by atoms with van der Waals surface area (Å²) >= 11 is 0. The fraction of sp³-hybridized carbons (Fsp3) is 0.725. The van der Waals surface area contributed by atoms with Crippen LogP contribution in [0.15, 0.2) is 29.8 Å². The zero-order valence-corrected chi connectivity index (χ0v) is 34.8. The Morgan fingerprint density at radius 2 is 1.72 bits per heavy atom. The van der Waals surface area contributed by atoms with E-state index in [1.165, 1.54) is 5.57 Å². The minimum absolute atomic E-state index is 0.0236. The van der Waals surface area contributed by atoms with E-state index in [1.54, 1.807) is 0 Å². The van der Waals surface area contributed by atoms with E-state index in [-0.39, 0.29) is 46.2 Å². The maximum atomic E-state index is 16.2. The molecule has 11 aliphatic rings. The number of ketones is 1. The number of aldehydes is 1. The van der Waals surface area contributed by atoms with Gasteiger partial charge in [-0.15, -0.1) is 5.92 Å². The molecule has 0 amide bonds. The van der Waals surface area contributed by atoms with Gasteiger partial charge in [-0.05, 0) is 151 Å². The number of allylic oxidation sites excluding steroid dienone is 2. The van der Waals surface area contributed by atoms with Crippen LogP contribution < -0.4 is 10.4 Å². The van der Waals surface area contributed by atoms with Crippen LogP contribution in [0.1, 0.15) is 134 Å². The van der Waals surface area contributed by atoms with Crippen LogP contribution in [0.2, 0.25) is 0 Å². The van der Waals surface area contributed by atoms with Crippen molar-refractivity contribution in [3.63, 3.8) is 0 Å². The van der Waals surface area contributed by atoms with Gasteiger partial charge in [0.05, 0.1) is 24.9 Å². The molecule has 0 heterocycles. The second-order valence-corrected chi connectivity index (χ2v) is 22.5. The Labute approximate surface area is 343 Å². The normalized spacial score (nSPS) is 51.8. The van der Waals surface area contributed by atoms with Gasteiger partial charge in [0.1, 0.15) is 5.60 Å². The summed E-state index contributed by atoms with van der Waals surface area (Å²) in [6.45, 7) is 6.37. The summed E-state index contributed by atoms with van der Waals surface area (Å²) in [6.07, 6.45) is 17.8. The van der Waals surface area contributed by atoms with Crippen molar-refractivity contribution in [2.75, 3.05) is 6.61 Å². The molecule has 7 saturated carbocycles. The summed E-state index contributed by atoms with van der Waals surface area (Å²) in [7, 11) is 0. The standard InChI is InChI=1S/C51H64O7/c1-44-15-4-7-18-49(58)21-12-34-43(57)51(49,47(29-44)16-5-6-17-47)37(26-44)36-25-38(54)42-48(46(34,36)3)19-11-31-23-33-30(9-8-10-32(33)27-52)24-35(31)50(42)22-14-40(55)45(2,41(56)28-53)39(50)13-20-48/h8-10,23-25,27,31,34-35,37,39-43,53,55-58H,4-6,11-17,19-22,26,28-29H2,1-3H3/t31-,34-,35+,37+,39+,40-,41+,42?,43-,44+,45-,46+,48+,49-,50-,51+/m0/s1. The number of rotatable bonds is 3. The first kappa shape index (κ1) is 38.3. The number of hydrogen-bond donors (Lipinski definition) is 5. The van der Waals surface area contributed by atoms with Crippen molar-refractivity contribution in [2.24, 2.45) is 73.4 Å². The second kappa shape index (κ2) is 12.1. The van der Waals surface area contributed by atoms with Gasteiger partial charge in [0.25, 0.3) is 0 Å². The van der Waals surface area contributed by atoms with E-state index in [1.807, 2.05) is 19.1 Å². The summed E-state index contributed by atoms with van der Waals surface area (Å²) in [5, 5.41) is 63.5. The Morgan fingerprint density at radius 1 is 0.948 bits per heavy atom. The summed E-state index contributed by atoms with van der Waals surface area (Å²) < 4.78 is 0. The molecular weight excluding hydrogens is 725 g/mol. The first-order chi connectivity index (χ1) is 27.7. The van der Waals surface area contributed by atoms with Gasteiger partial charge in [-0.2, -0.15) is 0 Å². The zero-order valence-electron chi connectivity index (χ0n) is 34.8. The maximum absolute atomic E-state index is 16.2. The van der Waals surface area contributed by atoms with E-state index < -0.39 is 63.5 Å².